The maximum Gasteiger partial charge on any atom is 0.228 e. The highest BCUT2D eigenvalue weighted by atomic mass is 35.5. The smallest absolute Gasteiger partial charge is 0.228 e. The van der Waals surface area contributed by atoms with Crippen LogP contribution in [0.1, 0.15) is 138 Å². The number of rotatable bonds is 2. The average Bonchev–Trinajstić information content (AvgIpc) is 2.87. The second-order valence-corrected chi connectivity index (χ2v) is 18.4. The van der Waals surface area contributed by atoms with Gasteiger partial charge in [0.25, 0.3) is 0 Å². The highest BCUT2D eigenvalue weighted by Gasteiger charge is 2.56. The number of halogens is 2. The van der Waals surface area contributed by atoms with Gasteiger partial charge in [0.15, 0.2) is 0 Å². The predicted molar refractivity (Wildman–Crippen MR) is 182 cm³/mol. The molecule has 2 aliphatic heterocycles. The minimum atomic E-state index is -0.0731. The zero-order chi connectivity index (χ0) is 29.0. The van der Waals surface area contributed by atoms with E-state index in [4.69, 9.17) is 11.6 Å². The third-order valence-corrected chi connectivity index (χ3v) is 13.7. The summed E-state index contributed by atoms with van der Waals surface area (Å²) in [5.74, 6) is 5.67. The Kier molecular flexibility index (Phi) is 11.1. The van der Waals surface area contributed by atoms with Gasteiger partial charge in [-0.05, 0) is 174 Å². The van der Waals surface area contributed by atoms with Gasteiger partial charge in [-0.15, -0.1) is 12.4 Å². The van der Waals surface area contributed by atoms with E-state index in [0.717, 1.165) is 67.9 Å². The van der Waals surface area contributed by atoms with E-state index in [1.54, 1.807) is 0 Å². The molecular formula is C37H64Cl2N2O2. The molecule has 0 aromatic heterocycles. The van der Waals surface area contributed by atoms with Crippen molar-refractivity contribution in [3.05, 3.63) is 0 Å². The summed E-state index contributed by atoms with van der Waals surface area (Å²) in [6.07, 6.45) is 20.4. The van der Waals surface area contributed by atoms with Crippen molar-refractivity contribution >= 4 is 35.2 Å². The van der Waals surface area contributed by atoms with Crippen molar-refractivity contribution in [2.24, 2.45) is 57.2 Å². The van der Waals surface area contributed by atoms with Crippen LogP contribution in [0.15, 0.2) is 0 Å². The fourth-order valence-corrected chi connectivity index (χ4v) is 11.7. The van der Waals surface area contributed by atoms with Crippen LogP contribution in [0.2, 0.25) is 0 Å². The van der Waals surface area contributed by atoms with Gasteiger partial charge in [0.1, 0.15) is 0 Å². The minimum absolute atomic E-state index is 0. The Morgan fingerprint density at radius 1 is 0.605 bits per heavy atom. The maximum atomic E-state index is 13.2. The fraction of sp³-hybridized carbons (Fsp3) is 0.946. The Morgan fingerprint density at radius 3 is 1.23 bits per heavy atom. The lowest BCUT2D eigenvalue weighted by Crippen LogP contribution is -2.56. The zero-order valence-electron chi connectivity index (χ0n) is 27.2. The van der Waals surface area contributed by atoms with Crippen molar-refractivity contribution in [1.29, 1.82) is 0 Å². The van der Waals surface area contributed by atoms with Crippen molar-refractivity contribution < 1.29 is 9.59 Å². The molecule has 10 rings (SSSR count). The van der Waals surface area contributed by atoms with Crippen LogP contribution in [0, 0.1) is 57.2 Å². The first-order valence-electron chi connectivity index (χ1n) is 17.5. The zero-order valence-corrected chi connectivity index (χ0v) is 28.7. The fourth-order valence-electron chi connectivity index (χ4n) is 11.5. The number of nitrogens with one attached hydrogen (secondary N) is 1. The maximum absolute atomic E-state index is 13.2. The number of piperidine rings is 2. The molecule has 8 aliphatic carbocycles. The van der Waals surface area contributed by atoms with Crippen LogP contribution in [-0.2, 0) is 9.59 Å². The summed E-state index contributed by atoms with van der Waals surface area (Å²) < 4.78 is 0. The molecule has 0 aromatic carbocycles. The molecule has 0 unspecified atom stereocenters. The van der Waals surface area contributed by atoms with E-state index in [1.165, 1.54) is 96.6 Å². The number of nitrogens with zero attached hydrogens (tertiary/aromatic N) is 1. The van der Waals surface area contributed by atoms with E-state index in [0.29, 0.717) is 16.7 Å². The van der Waals surface area contributed by atoms with Gasteiger partial charge in [-0.3, -0.25) is 9.59 Å². The molecule has 0 atom stereocenters. The molecule has 10 fully saturated rings. The van der Waals surface area contributed by atoms with Crippen LogP contribution in [0.3, 0.4) is 0 Å². The summed E-state index contributed by atoms with van der Waals surface area (Å²) in [6.45, 7) is 13.8. The van der Waals surface area contributed by atoms with Crippen molar-refractivity contribution in [3.8, 4) is 0 Å². The van der Waals surface area contributed by atoms with Gasteiger partial charge in [0, 0.05) is 18.5 Å². The van der Waals surface area contributed by atoms with Gasteiger partial charge in [-0.25, -0.2) is 0 Å². The molecule has 4 nitrogen and oxygen atoms in total. The molecule has 0 radical (unpaired) electrons. The van der Waals surface area contributed by atoms with E-state index in [9.17, 15) is 9.59 Å². The van der Waals surface area contributed by atoms with E-state index < -0.39 is 0 Å². The largest absolute Gasteiger partial charge is 0.342 e. The average molecular weight is 640 g/mol. The van der Waals surface area contributed by atoms with Gasteiger partial charge in [-0.1, -0.05) is 35.1 Å². The summed E-state index contributed by atoms with van der Waals surface area (Å²) in [4.78, 5) is 26.9. The molecule has 2 heterocycles. The molecule has 43 heavy (non-hydrogen) atoms. The molecule has 0 spiro atoms. The predicted octanol–water partition coefficient (Wildman–Crippen LogP) is 9.27. The monoisotopic (exact) mass is 638 g/mol. The quantitative estimate of drug-likeness (QED) is 0.307. The minimum Gasteiger partial charge on any atom is -0.342 e. The molecule has 1 N–H and O–H groups in total. The first-order chi connectivity index (χ1) is 19.3. The van der Waals surface area contributed by atoms with E-state index in [2.05, 4.69) is 37.9 Å². The number of likely N-dealkylation sites (tertiary alicyclic amines) is 1. The lowest BCUT2D eigenvalue weighted by molar-refractivity contribution is -0.159. The summed E-state index contributed by atoms with van der Waals surface area (Å²) >= 11 is 5.76. The number of amides is 1. The van der Waals surface area contributed by atoms with Gasteiger partial charge in [0.2, 0.25) is 11.1 Å². The number of hydrogen-bond donors (Lipinski definition) is 1. The van der Waals surface area contributed by atoms with Crippen molar-refractivity contribution in [2.75, 3.05) is 26.2 Å². The molecule has 10 aliphatic rings. The van der Waals surface area contributed by atoms with Crippen LogP contribution in [0.25, 0.3) is 0 Å². The molecule has 8 saturated carbocycles. The van der Waals surface area contributed by atoms with Crippen LogP contribution in [0.4, 0.5) is 0 Å². The highest BCUT2D eigenvalue weighted by molar-refractivity contribution is 6.64. The van der Waals surface area contributed by atoms with Gasteiger partial charge >= 0.3 is 0 Å². The number of carbonyl (C=O) groups is 2. The topological polar surface area (TPSA) is 49.4 Å². The van der Waals surface area contributed by atoms with E-state index in [1.807, 2.05) is 0 Å². The normalized spacial score (nSPS) is 42.3. The summed E-state index contributed by atoms with van der Waals surface area (Å²) in [6, 6.07) is 0. The summed E-state index contributed by atoms with van der Waals surface area (Å²) in [7, 11) is 0. The highest BCUT2D eigenvalue weighted by Crippen LogP contribution is 2.62. The molecule has 248 valence electrons. The van der Waals surface area contributed by atoms with Crippen molar-refractivity contribution in [1.82, 2.24) is 10.2 Å². The Hall–Kier alpha value is -0.320. The molecule has 0 aromatic rings. The molecule has 6 heteroatoms. The van der Waals surface area contributed by atoms with E-state index >= 15 is 0 Å². The third kappa shape index (κ3) is 7.81. The number of carbonyl (C=O) groups excluding carboxylic acids is 2. The molecular weight excluding hydrogens is 575 g/mol. The number of hydrogen-bond acceptors (Lipinski definition) is 3. The summed E-state index contributed by atoms with van der Waals surface area (Å²) in [5.41, 5.74) is 1.07. The second-order valence-electron chi connectivity index (χ2n) is 18.0. The summed E-state index contributed by atoms with van der Waals surface area (Å²) in [5, 5.41) is 3.30. The standard InChI is InChI=1S/C18H29NO.C11H15ClO.C7H15N.CH4.ClH/c1-17(2)3-5-19(6-4-17)16(20)18-10-13-7-14(11-18)9-15(8-13)12-18;12-10(13)11-4-7-1-8(5-11)3-9(2-7)6-11;1-7(2)3-5-8-6-4-7;;/h13-15H,3-12H2,1-2H3;7-9H,1-6H2;8H,3-6H2,1-2H3;1H4;1H. The van der Waals surface area contributed by atoms with Crippen LogP contribution >= 0.6 is 24.0 Å². The van der Waals surface area contributed by atoms with Crippen LogP contribution in [0.5, 0.6) is 0 Å². The Bertz CT molecular complexity index is 903. The van der Waals surface area contributed by atoms with Crippen molar-refractivity contribution in [3.63, 3.8) is 0 Å². The van der Waals surface area contributed by atoms with Gasteiger partial charge in [-0.2, -0.15) is 0 Å². The molecule has 8 bridgehead atoms. The Morgan fingerprint density at radius 2 is 0.930 bits per heavy atom. The SMILES string of the molecule is C.CC1(C)CCN(C(=O)C23CC4CC(CC(C4)C2)C3)CC1.CC1(C)CCNCC1.Cl.O=C(Cl)C12CC3CC(CC(C3)C1)C2. The van der Waals surface area contributed by atoms with Gasteiger partial charge in [0.05, 0.1) is 5.41 Å². The lowest BCUT2D eigenvalue weighted by atomic mass is 9.49. The van der Waals surface area contributed by atoms with Gasteiger partial charge < -0.3 is 10.2 Å². The third-order valence-electron chi connectivity index (χ3n) is 13.3. The first kappa shape index (κ1) is 35.5. The Balaban J connectivity index is 0.000000159. The first-order valence-corrected chi connectivity index (χ1v) is 17.9. The molecule has 2 saturated heterocycles. The van der Waals surface area contributed by atoms with Crippen molar-refractivity contribution in [2.45, 2.75) is 138 Å². The Labute approximate surface area is 275 Å². The van der Waals surface area contributed by atoms with Crippen LogP contribution in [-0.4, -0.2) is 42.2 Å². The van der Waals surface area contributed by atoms with E-state index in [-0.39, 0.29) is 35.9 Å². The van der Waals surface area contributed by atoms with Crippen LogP contribution < -0.4 is 5.32 Å². The molecule has 1 amide bonds. The lowest BCUT2D eigenvalue weighted by Gasteiger charge is -2.57. The second kappa shape index (κ2) is 13.4.